The molecule has 0 spiro atoms. The summed E-state index contributed by atoms with van der Waals surface area (Å²) < 4.78 is 15.6. The molecular weight excluding hydrogens is 487 g/mol. The van der Waals surface area contributed by atoms with Gasteiger partial charge in [0.1, 0.15) is 5.60 Å². The van der Waals surface area contributed by atoms with Crippen LogP contribution in [0.15, 0.2) is 29.3 Å². The maximum Gasteiger partial charge on any atom is 0.412 e. The second-order valence-electron chi connectivity index (χ2n) is 7.10. The van der Waals surface area contributed by atoms with Crippen LogP contribution < -0.4 is 16.0 Å². The summed E-state index contributed by atoms with van der Waals surface area (Å²) in [5.74, 6) is 0.735. The van der Waals surface area contributed by atoms with Crippen LogP contribution in [0.3, 0.4) is 0 Å². The lowest BCUT2D eigenvalue weighted by Crippen LogP contribution is -2.39. The lowest BCUT2D eigenvalue weighted by atomic mass is 10.1. The monoisotopic (exact) mass is 522 g/mol. The van der Waals surface area contributed by atoms with Crippen LogP contribution in [0.25, 0.3) is 0 Å². The van der Waals surface area contributed by atoms with Gasteiger partial charge in [-0.3, -0.25) is 10.3 Å². The first-order chi connectivity index (χ1) is 13.3. The standard InChI is InChI=1S/C20H34N4O4.HI/c1-20(2,3)28-19(25)24-17-8-6-16(7-9-17)10-11-22-18(21-4)23-12-13-27-15-14-26-5;/h6-9H,10-15H2,1-5H3,(H,24,25)(H2,21,22,23);1H. The zero-order chi connectivity index (χ0) is 20.8. The predicted molar refractivity (Wildman–Crippen MR) is 127 cm³/mol. The number of amides is 1. The second-order valence-corrected chi connectivity index (χ2v) is 7.10. The number of carbonyl (C=O) groups is 1. The van der Waals surface area contributed by atoms with Crippen molar-refractivity contribution in [2.45, 2.75) is 32.8 Å². The molecule has 0 unspecified atom stereocenters. The van der Waals surface area contributed by atoms with Crippen LogP contribution in [-0.4, -0.2) is 64.7 Å². The van der Waals surface area contributed by atoms with Gasteiger partial charge in [0.2, 0.25) is 0 Å². The minimum absolute atomic E-state index is 0. The van der Waals surface area contributed by atoms with Crippen LogP contribution in [0.4, 0.5) is 10.5 Å². The van der Waals surface area contributed by atoms with Crippen LogP contribution in [0.1, 0.15) is 26.3 Å². The molecule has 0 radical (unpaired) electrons. The topological polar surface area (TPSA) is 93.2 Å². The zero-order valence-electron chi connectivity index (χ0n) is 18.0. The van der Waals surface area contributed by atoms with Gasteiger partial charge < -0.3 is 24.8 Å². The van der Waals surface area contributed by atoms with Crippen molar-refractivity contribution in [3.63, 3.8) is 0 Å². The average molecular weight is 522 g/mol. The van der Waals surface area contributed by atoms with Gasteiger partial charge in [0.25, 0.3) is 0 Å². The molecule has 0 saturated heterocycles. The van der Waals surface area contributed by atoms with Crippen molar-refractivity contribution in [1.29, 1.82) is 0 Å². The Balaban J connectivity index is 0.00000784. The van der Waals surface area contributed by atoms with E-state index in [2.05, 4.69) is 20.9 Å². The number of halogens is 1. The summed E-state index contributed by atoms with van der Waals surface area (Å²) in [5, 5.41) is 9.18. The number of nitrogens with one attached hydrogen (secondary N) is 3. The highest BCUT2D eigenvalue weighted by Gasteiger charge is 2.16. The molecule has 0 aliphatic heterocycles. The molecule has 0 heterocycles. The normalized spacial score (nSPS) is 11.4. The SMILES string of the molecule is CN=C(NCCOCCOC)NCCc1ccc(NC(=O)OC(C)(C)C)cc1.I. The summed E-state index contributed by atoms with van der Waals surface area (Å²) in [5.41, 5.74) is 1.34. The largest absolute Gasteiger partial charge is 0.444 e. The first-order valence-corrected chi connectivity index (χ1v) is 9.44. The molecule has 0 bridgehead atoms. The van der Waals surface area contributed by atoms with Crippen molar-refractivity contribution < 1.29 is 19.0 Å². The van der Waals surface area contributed by atoms with E-state index in [9.17, 15) is 4.79 Å². The van der Waals surface area contributed by atoms with Gasteiger partial charge in [-0.1, -0.05) is 12.1 Å². The number of rotatable bonds is 10. The smallest absolute Gasteiger partial charge is 0.412 e. The molecule has 166 valence electrons. The van der Waals surface area contributed by atoms with Crippen molar-refractivity contribution in [3.8, 4) is 0 Å². The highest BCUT2D eigenvalue weighted by Crippen LogP contribution is 2.13. The number of hydrogen-bond acceptors (Lipinski definition) is 5. The highest BCUT2D eigenvalue weighted by atomic mass is 127. The Bertz CT molecular complexity index is 603. The molecule has 1 rings (SSSR count). The van der Waals surface area contributed by atoms with Crippen LogP contribution in [0.2, 0.25) is 0 Å². The maximum atomic E-state index is 11.8. The zero-order valence-corrected chi connectivity index (χ0v) is 20.4. The fourth-order valence-electron chi connectivity index (χ4n) is 2.21. The van der Waals surface area contributed by atoms with Crippen LogP contribution in [-0.2, 0) is 20.6 Å². The van der Waals surface area contributed by atoms with Crippen molar-refractivity contribution in [2.24, 2.45) is 4.99 Å². The van der Waals surface area contributed by atoms with Crippen molar-refractivity contribution in [3.05, 3.63) is 29.8 Å². The third-order valence-corrected chi connectivity index (χ3v) is 3.50. The quantitative estimate of drug-likeness (QED) is 0.189. The van der Waals surface area contributed by atoms with E-state index in [4.69, 9.17) is 14.2 Å². The molecular formula is C20H35IN4O4. The molecule has 1 aromatic rings. The van der Waals surface area contributed by atoms with Crippen molar-refractivity contribution >= 4 is 41.7 Å². The summed E-state index contributed by atoms with van der Waals surface area (Å²) in [6.07, 6.45) is 0.376. The number of methoxy groups -OCH3 is 1. The van der Waals surface area contributed by atoms with E-state index in [-0.39, 0.29) is 24.0 Å². The molecule has 0 saturated carbocycles. The fraction of sp³-hybridized carbons (Fsp3) is 0.600. The van der Waals surface area contributed by atoms with Crippen molar-refractivity contribution in [2.75, 3.05) is 52.4 Å². The fourth-order valence-corrected chi connectivity index (χ4v) is 2.21. The molecule has 0 aliphatic carbocycles. The molecule has 1 aromatic carbocycles. The number of benzene rings is 1. The van der Waals surface area contributed by atoms with E-state index in [0.29, 0.717) is 32.1 Å². The van der Waals surface area contributed by atoms with Gasteiger partial charge in [-0.05, 0) is 44.9 Å². The molecule has 8 nitrogen and oxygen atoms in total. The summed E-state index contributed by atoms with van der Waals surface area (Å²) >= 11 is 0. The Morgan fingerprint density at radius 2 is 1.69 bits per heavy atom. The number of guanidine groups is 1. The van der Waals surface area contributed by atoms with Gasteiger partial charge in [-0.25, -0.2) is 4.79 Å². The van der Waals surface area contributed by atoms with E-state index in [1.54, 1.807) is 14.2 Å². The van der Waals surface area contributed by atoms with Crippen LogP contribution in [0.5, 0.6) is 0 Å². The van der Waals surface area contributed by atoms with Gasteiger partial charge in [-0.15, -0.1) is 24.0 Å². The number of nitrogens with zero attached hydrogens (tertiary/aromatic N) is 1. The minimum Gasteiger partial charge on any atom is -0.444 e. The Hall–Kier alpha value is -1.59. The minimum atomic E-state index is -0.516. The number of hydrogen-bond donors (Lipinski definition) is 3. The van der Waals surface area contributed by atoms with Gasteiger partial charge in [0.05, 0.1) is 19.8 Å². The lowest BCUT2D eigenvalue weighted by Gasteiger charge is -2.19. The van der Waals surface area contributed by atoms with E-state index < -0.39 is 11.7 Å². The van der Waals surface area contributed by atoms with E-state index in [0.717, 1.165) is 24.5 Å². The van der Waals surface area contributed by atoms with E-state index >= 15 is 0 Å². The molecule has 3 N–H and O–H groups in total. The Morgan fingerprint density at radius 3 is 2.28 bits per heavy atom. The van der Waals surface area contributed by atoms with Gasteiger partial charge in [-0.2, -0.15) is 0 Å². The Labute approximate surface area is 191 Å². The Kier molecular flexibility index (Phi) is 14.4. The van der Waals surface area contributed by atoms with Crippen molar-refractivity contribution in [1.82, 2.24) is 10.6 Å². The number of carbonyl (C=O) groups excluding carboxylic acids is 1. The number of anilines is 1. The lowest BCUT2D eigenvalue weighted by molar-refractivity contribution is 0.0636. The molecule has 9 heteroatoms. The first kappa shape index (κ1) is 27.4. The summed E-state index contributed by atoms with van der Waals surface area (Å²) in [4.78, 5) is 16.0. The van der Waals surface area contributed by atoms with Gasteiger partial charge >= 0.3 is 6.09 Å². The second kappa shape index (κ2) is 15.3. The first-order valence-electron chi connectivity index (χ1n) is 9.44. The Morgan fingerprint density at radius 1 is 1.03 bits per heavy atom. The summed E-state index contributed by atoms with van der Waals surface area (Å²) in [7, 11) is 3.39. The molecule has 1 amide bonds. The highest BCUT2D eigenvalue weighted by molar-refractivity contribution is 14.0. The average Bonchev–Trinajstić information content (AvgIpc) is 2.63. The molecule has 0 atom stereocenters. The van der Waals surface area contributed by atoms with E-state index in [1.165, 1.54) is 0 Å². The van der Waals surface area contributed by atoms with E-state index in [1.807, 2.05) is 45.0 Å². The molecule has 29 heavy (non-hydrogen) atoms. The maximum absolute atomic E-state index is 11.8. The van der Waals surface area contributed by atoms with Gasteiger partial charge in [0, 0.05) is 32.9 Å². The van der Waals surface area contributed by atoms with Crippen LogP contribution >= 0.6 is 24.0 Å². The molecule has 0 fully saturated rings. The number of aliphatic imine (C=N–C) groups is 1. The van der Waals surface area contributed by atoms with Crippen LogP contribution in [0, 0.1) is 0 Å². The molecule has 0 aliphatic rings. The summed E-state index contributed by atoms with van der Waals surface area (Å²) in [6.45, 7) is 8.69. The summed E-state index contributed by atoms with van der Waals surface area (Å²) in [6, 6.07) is 7.69. The third kappa shape index (κ3) is 14.1. The molecule has 0 aromatic heterocycles. The third-order valence-electron chi connectivity index (χ3n) is 3.50. The predicted octanol–water partition coefficient (Wildman–Crippen LogP) is 3.02. The number of ether oxygens (including phenoxy) is 3. The van der Waals surface area contributed by atoms with Gasteiger partial charge in [0.15, 0.2) is 5.96 Å².